The van der Waals surface area contributed by atoms with Crippen LogP contribution in [0.15, 0.2) is 72.1 Å². The molecule has 1 atom stereocenters. The molecular formula is C24H23N5O5. The van der Waals surface area contributed by atoms with Gasteiger partial charge in [0.1, 0.15) is 0 Å². The number of para-hydroxylation sites is 1. The van der Waals surface area contributed by atoms with Crippen molar-refractivity contribution in [2.24, 2.45) is 0 Å². The predicted octanol–water partition coefficient (Wildman–Crippen LogP) is 4.03. The van der Waals surface area contributed by atoms with Crippen molar-refractivity contribution in [1.82, 2.24) is 20.4 Å². The normalized spacial score (nSPS) is 15.6. The minimum absolute atomic E-state index is 0.0989. The third-order valence-electron chi connectivity index (χ3n) is 5.24. The molecule has 10 heteroatoms. The van der Waals surface area contributed by atoms with E-state index in [1.54, 1.807) is 43.8 Å². The van der Waals surface area contributed by atoms with Gasteiger partial charge >= 0.3 is 12.0 Å². The summed E-state index contributed by atoms with van der Waals surface area (Å²) in [5, 5.41) is 21.5. The van der Waals surface area contributed by atoms with Crippen molar-refractivity contribution in [2.75, 3.05) is 0 Å². The molecule has 0 spiro atoms. The van der Waals surface area contributed by atoms with E-state index in [1.807, 2.05) is 30.3 Å². The van der Waals surface area contributed by atoms with E-state index < -0.39 is 23.0 Å². The van der Waals surface area contributed by atoms with Crippen LogP contribution in [0.4, 0.5) is 10.5 Å². The molecule has 0 aliphatic carbocycles. The van der Waals surface area contributed by atoms with E-state index in [0.717, 1.165) is 5.69 Å². The van der Waals surface area contributed by atoms with Crippen molar-refractivity contribution in [3.8, 4) is 16.9 Å². The number of non-ortho nitro benzene ring substituents is 1. The molecule has 2 amide bonds. The number of hydrogen-bond acceptors (Lipinski definition) is 6. The van der Waals surface area contributed by atoms with Crippen molar-refractivity contribution in [2.45, 2.75) is 32.9 Å². The number of allylic oxidation sites excluding steroid dienone is 1. The summed E-state index contributed by atoms with van der Waals surface area (Å²) >= 11 is 0. The van der Waals surface area contributed by atoms with Gasteiger partial charge in [0.2, 0.25) is 0 Å². The van der Waals surface area contributed by atoms with Gasteiger partial charge in [-0.15, -0.1) is 0 Å². The Morgan fingerprint density at radius 1 is 1.18 bits per heavy atom. The summed E-state index contributed by atoms with van der Waals surface area (Å²) in [6, 6.07) is 14.0. The number of carbonyl (C=O) groups is 2. The number of carbonyl (C=O) groups excluding carboxylic acids is 2. The Bertz CT molecular complexity index is 1300. The molecule has 3 aromatic rings. The van der Waals surface area contributed by atoms with Gasteiger partial charge in [0.05, 0.1) is 34.0 Å². The molecule has 34 heavy (non-hydrogen) atoms. The lowest BCUT2D eigenvalue weighted by atomic mass is 9.93. The van der Waals surface area contributed by atoms with Crippen molar-refractivity contribution < 1.29 is 19.2 Å². The first kappa shape index (κ1) is 22.7. The van der Waals surface area contributed by atoms with Gasteiger partial charge in [-0.2, -0.15) is 5.10 Å². The second-order valence-electron chi connectivity index (χ2n) is 8.04. The summed E-state index contributed by atoms with van der Waals surface area (Å²) in [5.41, 5.74) is 2.59. The van der Waals surface area contributed by atoms with Gasteiger partial charge in [0.25, 0.3) is 5.69 Å². The molecule has 0 saturated heterocycles. The van der Waals surface area contributed by atoms with Gasteiger partial charge < -0.3 is 15.4 Å². The lowest BCUT2D eigenvalue weighted by molar-refractivity contribution is -0.384. The van der Waals surface area contributed by atoms with Crippen LogP contribution in [-0.2, 0) is 9.53 Å². The average molecular weight is 461 g/mol. The highest BCUT2D eigenvalue weighted by Gasteiger charge is 2.35. The zero-order chi connectivity index (χ0) is 24.4. The summed E-state index contributed by atoms with van der Waals surface area (Å²) in [7, 11) is 0. The summed E-state index contributed by atoms with van der Waals surface area (Å²) in [6.45, 7) is 5.09. The van der Waals surface area contributed by atoms with E-state index in [0.29, 0.717) is 22.5 Å². The quantitative estimate of drug-likeness (QED) is 0.324. The van der Waals surface area contributed by atoms with Crippen LogP contribution < -0.4 is 10.6 Å². The Labute approximate surface area is 195 Å². The zero-order valence-corrected chi connectivity index (χ0v) is 18.8. The molecule has 0 bridgehead atoms. The van der Waals surface area contributed by atoms with E-state index in [1.165, 1.54) is 12.1 Å². The van der Waals surface area contributed by atoms with Crippen molar-refractivity contribution in [3.05, 3.63) is 87.7 Å². The standard InChI is InChI=1S/C24H23N5O5/c1-14(2)34-23(30)20-15(3)25-24(31)26-22(20)19-13-28(17-9-5-4-6-10-17)27-21(19)16-8-7-11-18(12-16)29(32)33/h4-14,22H,1-3H3,(H2,25,26,31). The number of urea groups is 1. The molecule has 2 aromatic carbocycles. The number of amides is 2. The smallest absolute Gasteiger partial charge is 0.338 e. The SMILES string of the molecule is CC1=C(C(=O)OC(C)C)C(c2cn(-c3ccccc3)nc2-c2cccc([N+](=O)[O-])c2)NC(=O)N1. The number of benzene rings is 2. The number of esters is 1. The maximum atomic E-state index is 13.0. The summed E-state index contributed by atoms with van der Waals surface area (Å²) in [6.07, 6.45) is 1.34. The Balaban J connectivity index is 1.92. The number of nitro groups is 1. The monoisotopic (exact) mass is 461 g/mol. The number of aromatic nitrogens is 2. The van der Waals surface area contributed by atoms with Crippen molar-refractivity contribution in [1.29, 1.82) is 0 Å². The van der Waals surface area contributed by atoms with Gasteiger partial charge in [0.15, 0.2) is 0 Å². The fraction of sp³-hybridized carbons (Fsp3) is 0.208. The maximum absolute atomic E-state index is 13.0. The van der Waals surface area contributed by atoms with Gasteiger partial charge in [-0.05, 0) is 32.9 Å². The minimum atomic E-state index is -0.883. The van der Waals surface area contributed by atoms with E-state index in [4.69, 9.17) is 4.74 Å². The molecule has 0 fully saturated rings. The van der Waals surface area contributed by atoms with Crippen LogP contribution in [0.1, 0.15) is 32.4 Å². The lowest BCUT2D eigenvalue weighted by Crippen LogP contribution is -2.45. The molecule has 10 nitrogen and oxygen atoms in total. The van der Waals surface area contributed by atoms with Gasteiger partial charge in [0, 0.05) is 35.2 Å². The van der Waals surface area contributed by atoms with E-state index >= 15 is 0 Å². The molecule has 1 aliphatic heterocycles. The number of nitrogens with one attached hydrogen (secondary N) is 2. The second kappa shape index (κ2) is 9.18. The third-order valence-corrected chi connectivity index (χ3v) is 5.24. The van der Waals surface area contributed by atoms with Gasteiger partial charge in [-0.25, -0.2) is 14.3 Å². The van der Waals surface area contributed by atoms with Crippen LogP contribution in [-0.4, -0.2) is 32.8 Å². The van der Waals surface area contributed by atoms with Crippen LogP contribution >= 0.6 is 0 Å². The third kappa shape index (κ3) is 4.51. The summed E-state index contributed by atoms with van der Waals surface area (Å²) in [4.78, 5) is 36.3. The van der Waals surface area contributed by atoms with Crippen LogP contribution in [0.3, 0.4) is 0 Å². The zero-order valence-electron chi connectivity index (χ0n) is 18.8. The Hall–Kier alpha value is -4.47. The van der Waals surface area contributed by atoms with Crippen LogP contribution in [0.2, 0.25) is 0 Å². The lowest BCUT2D eigenvalue weighted by Gasteiger charge is -2.28. The number of ether oxygens (including phenoxy) is 1. The van der Waals surface area contributed by atoms with Crippen molar-refractivity contribution >= 4 is 17.7 Å². The first-order chi connectivity index (χ1) is 16.2. The number of nitro benzene ring substituents is 1. The van der Waals surface area contributed by atoms with E-state index in [2.05, 4.69) is 15.7 Å². The fourth-order valence-electron chi connectivity index (χ4n) is 3.78. The van der Waals surface area contributed by atoms with Gasteiger partial charge in [-0.3, -0.25) is 10.1 Å². The minimum Gasteiger partial charge on any atom is -0.459 e. The van der Waals surface area contributed by atoms with Crippen molar-refractivity contribution in [3.63, 3.8) is 0 Å². The maximum Gasteiger partial charge on any atom is 0.338 e. The molecule has 1 aromatic heterocycles. The molecule has 0 radical (unpaired) electrons. The molecule has 174 valence electrons. The molecule has 0 saturated carbocycles. The van der Waals surface area contributed by atoms with Gasteiger partial charge in [-0.1, -0.05) is 30.3 Å². The second-order valence-corrected chi connectivity index (χ2v) is 8.04. The predicted molar refractivity (Wildman–Crippen MR) is 124 cm³/mol. The Morgan fingerprint density at radius 3 is 2.59 bits per heavy atom. The highest BCUT2D eigenvalue weighted by atomic mass is 16.6. The number of rotatable bonds is 6. The first-order valence-corrected chi connectivity index (χ1v) is 10.6. The molecule has 1 aliphatic rings. The number of nitrogens with zero attached hydrogens (tertiary/aromatic N) is 3. The Kier molecular flexibility index (Phi) is 6.13. The largest absolute Gasteiger partial charge is 0.459 e. The average Bonchev–Trinajstić information content (AvgIpc) is 3.24. The first-order valence-electron chi connectivity index (χ1n) is 10.6. The molecule has 2 N–H and O–H groups in total. The highest BCUT2D eigenvalue weighted by Crippen LogP contribution is 2.36. The molecule has 4 rings (SSSR count). The molecular weight excluding hydrogens is 438 g/mol. The van der Waals surface area contributed by atoms with E-state index in [-0.39, 0.29) is 17.4 Å². The molecule has 1 unspecified atom stereocenters. The molecule has 2 heterocycles. The summed E-state index contributed by atoms with van der Waals surface area (Å²) in [5.74, 6) is -0.581. The highest BCUT2D eigenvalue weighted by molar-refractivity contribution is 5.95. The fourth-order valence-corrected chi connectivity index (χ4v) is 3.78. The van der Waals surface area contributed by atoms with E-state index in [9.17, 15) is 19.7 Å². The topological polar surface area (TPSA) is 128 Å². The van der Waals surface area contributed by atoms with Crippen LogP contribution in [0.5, 0.6) is 0 Å². The number of hydrogen-bond donors (Lipinski definition) is 2. The summed E-state index contributed by atoms with van der Waals surface area (Å²) < 4.78 is 7.04. The van der Waals surface area contributed by atoms with Crippen LogP contribution in [0.25, 0.3) is 16.9 Å². The Morgan fingerprint density at radius 2 is 1.91 bits per heavy atom. The van der Waals surface area contributed by atoms with Crippen LogP contribution in [0, 0.1) is 10.1 Å².